The Morgan fingerprint density at radius 1 is 1.12 bits per heavy atom. The molecule has 3 aliphatic rings. The number of nitriles is 1. The van der Waals surface area contributed by atoms with Crippen LogP contribution in [0.25, 0.3) is 5.65 Å². The van der Waals surface area contributed by atoms with Crippen molar-refractivity contribution in [2.75, 3.05) is 10.7 Å². The molecular formula is C26H22N4O3S. The van der Waals surface area contributed by atoms with Gasteiger partial charge in [0.05, 0.1) is 29.2 Å². The number of nitrogens with zero attached hydrogens (tertiary/aromatic N) is 4. The van der Waals surface area contributed by atoms with E-state index in [0.717, 1.165) is 42.4 Å². The maximum Gasteiger partial charge on any atom is 0.260 e. The molecule has 2 fully saturated rings. The standard InChI is InChI=1S/C26H22N4O3S/c1-3-25(9-10-25)19-7-8-21-28-22(24(29(21)15-19)34(32,33)4-2)30-14-17-5-6-18(13-20(17)23(30)31)26(16-27)11-12-26/h1,5-8,13,15H,4,9-12,14H2,2H3. The number of terminal acetylenes is 1. The number of sulfone groups is 1. The molecule has 3 heterocycles. The van der Waals surface area contributed by atoms with Crippen LogP contribution in [0.4, 0.5) is 5.82 Å². The summed E-state index contributed by atoms with van der Waals surface area (Å²) in [6.45, 7) is 1.81. The fraction of sp³-hybridized carbons (Fsp3) is 0.346. The Kier molecular flexibility index (Phi) is 4.14. The van der Waals surface area contributed by atoms with Crippen molar-refractivity contribution >= 4 is 27.2 Å². The zero-order valence-electron chi connectivity index (χ0n) is 18.7. The van der Waals surface area contributed by atoms with E-state index in [4.69, 9.17) is 6.42 Å². The first-order valence-corrected chi connectivity index (χ1v) is 13.0. The van der Waals surface area contributed by atoms with Crippen LogP contribution < -0.4 is 4.90 Å². The third kappa shape index (κ3) is 2.79. The van der Waals surface area contributed by atoms with E-state index >= 15 is 0 Å². The number of rotatable bonds is 5. The molecule has 0 unspecified atom stereocenters. The minimum absolute atomic E-state index is 0.0109. The van der Waals surface area contributed by atoms with Crippen LogP contribution in [0.3, 0.4) is 0 Å². The molecule has 0 saturated heterocycles. The summed E-state index contributed by atoms with van der Waals surface area (Å²) in [4.78, 5) is 19.5. The van der Waals surface area contributed by atoms with Crippen LogP contribution in [0.2, 0.25) is 0 Å². The number of hydrogen-bond acceptors (Lipinski definition) is 5. The summed E-state index contributed by atoms with van der Waals surface area (Å²) in [5, 5.41) is 9.56. The lowest BCUT2D eigenvalue weighted by atomic mass is 9.94. The van der Waals surface area contributed by atoms with Crippen molar-refractivity contribution in [3.63, 3.8) is 0 Å². The molecule has 0 spiro atoms. The number of carbonyl (C=O) groups excluding carboxylic acids is 1. The number of fused-ring (bicyclic) bond motifs is 2. The molecule has 2 saturated carbocycles. The monoisotopic (exact) mass is 470 g/mol. The largest absolute Gasteiger partial charge is 0.288 e. The molecule has 1 aliphatic heterocycles. The first-order chi connectivity index (χ1) is 16.3. The highest BCUT2D eigenvalue weighted by Gasteiger charge is 2.46. The first-order valence-electron chi connectivity index (χ1n) is 11.4. The summed E-state index contributed by atoms with van der Waals surface area (Å²) in [5.41, 5.74) is 2.60. The second-order valence-electron chi connectivity index (χ2n) is 9.47. The average molecular weight is 471 g/mol. The number of pyridine rings is 1. The molecule has 34 heavy (non-hydrogen) atoms. The molecule has 0 atom stereocenters. The van der Waals surface area contributed by atoms with Gasteiger partial charge in [-0.2, -0.15) is 5.26 Å². The van der Waals surface area contributed by atoms with E-state index in [1.807, 2.05) is 18.2 Å². The zero-order valence-corrected chi connectivity index (χ0v) is 19.5. The first kappa shape index (κ1) is 20.9. The van der Waals surface area contributed by atoms with Crippen molar-refractivity contribution in [2.24, 2.45) is 0 Å². The molecule has 0 radical (unpaired) electrons. The quantitative estimate of drug-likeness (QED) is 0.532. The molecule has 2 aliphatic carbocycles. The minimum atomic E-state index is -3.72. The second-order valence-corrected chi connectivity index (χ2v) is 11.7. The van der Waals surface area contributed by atoms with E-state index in [1.165, 1.54) is 4.90 Å². The van der Waals surface area contributed by atoms with E-state index in [2.05, 4.69) is 17.0 Å². The maximum atomic E-state index is 13.5. The van der Waals surface area contributed by atoms with Crippen LogP contribution in [-0.2, 0) is 27.2 Å². The van der Waals surface area contributed by atoms with Crippen molar-refractivity contribution in [1.29, 1.82) is 5.26 Å². The highest BCUT2D eigenvalue weighted by molar-refractivity contribution is 7.91. The predicted molar refractivity (Wildman–Crippen MR) is 126 cm³/mol. The number of hydrogen-bond donors (Lipinski definition) is 0. The Hall–Kier alpha value is -3.62. The molecule has 0 bridgehead atoms. The second kappa shape index (κ2) is 6.71. The van der Waals surface area contributed by atoms with Crippen molar-refractivity contribution in [3.05, 3.63) is 58.8 Å². The highest BCUT2D eigenvalue weighted by atomic mass is 32.2. The Morgan fingerprint density at radius 3 is 2.44 bits per heavy atom. The van der Waals surface area contributed by atoms with Gasteiger partial charge < -0.3 is 0 Å². The van der Waals surface area contributed by atoms with E-state index in [9.17, 15) is 18.5 Å². The van der Waals surface area contributed by atoms with E-state index in [1.54, 1.807) is 29.7 Å². The van der Waals surface area contributed by atoms with Crippen LogP contribution in [0.15, 0.2) is 41.6 Å². The lowest BCUT2D eigenvalue weighted by molar-refractivity contribution is 0.0995. The van der Waals surface area contributed by atoms with Crippen LogP contribution in [0, 0.1) is 23.7 Å². The van der Waals surface area contributed by atoms with Gasteiger partial charge in [-0.1, -0.05) is 31.0 Å². The highest BCUT2D eigenvalue weighted by Crippen LogP contribution is 2.49. The van der Waals surface area contributed by atoms with E-state index < -0.39 is 15.3 Å². The molecule has 1 aromatic carbocycles. The lowest BCUT2D eigenvalue weighted by Gasteiger charge is -2.15. The Labute approximate surface area is 197 Å². The smallest absolute Gasteiger partial charge is 0.260 e. The fourth-order valence-electron chi connectivity index (χ4n) is 4.90. The van der Waals surface area contributed by atoms with Gasteiger partial charge in [0.2, 0.25) is 0 Å². The van der Waals surface area contributed by atoms with Gasteiger partial charge in [0.25, 0.3) is 5.91 Å². The molecule has 170 valence electrons. The Morgan fingerprint density at radius 2 is 1.82 bits per heavy atom. The molecule has 8 heteroatoms. The van der Waals surface area contributed by atoms with Crippen molar-refractivity contribution in [2.45, 2.75) is 55.0 Å². The third-order valence-electron chi connectivity index (χ3n) is 7.50. The number of amides is 1. The summed E-state index contributed by atoms with van der Waals surface area (Å²) < 4.78 is 28.0. The minimum Gasteiger partial charge on any atom is -0.288 e. The zero-order chi connectivity index (χ0) is 23.9. The number of anilines is 1. The number of aromatic nitrogens is 2. The summed E-state index contributed by atoms with van der Waals surface area (Å²) in [6, 6.07) is 11.6. The average Bonchev–Trinajstić information content (AvgIpc) is 3.76. The van der Waals surface area contributed by atoms with Crippen LogP contribution in [0.5, 0.6) is 0 Å². The van der Waals surface area contributed by atoms with Gasteiger partial charge in [-0.3, -0.25) is 14.1 Å². The van der Waals surface area contributed by atoms with Crippen LogP contribution in [0.1, 0.15) is 59.7 Å². The summed E-state index contributed by atoms with van der Waals surface area (Å²) >= 11 is 0. The predicted octanol–water partition coefficient (Wildman–Crippen LogP) is 3.51. The summed E-state index contributed by atoms with van der Waals surface area (Å²) in [5.74, 6) is 2.55. The maximum absolute atomic E-state index is 13.5. The van der Waals surface area contributed by atoms with Gasteiger partial charge in [0.15, 0.2) is 20.7 Å². The molecule has 0 N–H and O–H groups in total. The SMILES string of the molecule is C#CC1(c2ccc3nc(N4Cc5ccc(C6(C#N)CC6)cc5C4=O)c(S(=O)(=O)CC)n3c2)CC1. The van der Waals surface area contributed by atoms with Gasteiger partial charge in [-0.15, -0.1) is 6.42 Å². The summed E-state index contributed by atoms with van der Waals surface area (Å²) in [6.07, 6.45) is 10.8. The molecule has 6 rings (SSSR count). The van der Waals surface area contributed by atoms with Crippen molar-refractivity contribution < 1.29 is 13.2 Å². The van der Waals surface area contributed by atoms with Gasteiger partial charge in [-0.05, 0) is 54.5 Å². The van der Waals surface area contributed by atoms with Crippen molar-refractivity contribution in [3.8, 4) is 18.4 Å². The summed E-state index contributed by atoms with van der Waals surface area (Å²) in [7, 11) is -3.72. The third-order valence-corrected chi connectivity index (χ3v) is 9.23. The van der Waals surface area contributed by atoms with Gasteiger partial charge in [-0.25, -0.2) is 13.4 Å². The van der Waals surface area contributed by atoms with Gasteiger partial charge >= 0.3 is 0 Å². The van der Waals surface area contributed by atoms with Gasteiger partial charge in [0, 0.05) is 11.8 Å². The number of benzene rings is 1. The topological polar surface area (TPSA) is 95.5 Å². The number of carbonyl (C=O) groups is 1. The fourth-order valence-corrected chi connectivity index (χ4v) is 6.05. The van der Waals surface area contributed by atoms with Crippen molar-refractivity contribution in [1.82, 2.24) is 9.38 Å². The Bertz CT molecular complexity index is 1600. The van der Waals surface area contributed by atoms with Crippen LogP contribution >= 0.6 is 0 Å². The molecular weight excluding hydrogens is 448 g/mol. The molecule has 3 aromatic rings. The normalized spacial score (nSPS) is 19.5. The Balaban J connectivity index is 1.49. The number of imidazole rings is 1. The molecule has 7 nitrogen and oxygen atoms in total. The van der Waals surface area contributed by atoms with E-state index in [-0.39, 0.29) is 34.5 Å². The lowest BCUT2D eigenvalue weighted by Crippen LogP contribution is -2.26. The van der Waals surface area contributed by atoms with Crippen LogP contribution in [-0.4, -0.2) is 29.5 Å². The van der Waals surface area contributed by atoms with E-state index in [0.29, 0.717) is 11.2 Å². The molecule has 2 aromatic heterocycles. The van der Waals surface area contributed by atoms with Gasteiger partial charge in [0.1, 0.15) is 5.65 Å². The molecule has 1 amide bonds.